The number of hydrazine groups is 1. The summed E-state index contributed by atoms with van der Waals surface area (Å²) in [4.78, 5) is 35.0. The summed E-state index contributed by atoms with van der Waals surface area (Å²) in [6, 6.07) is 4.80. The summed E-state index contributed by atoms with van der Waals surface area (Å²) in [5.41, 5.74) is 16.7. The monoisotopic (exact) mass is 588 g/mol. The van der Waals surface area contributed by atoms with Crippen LogP contribution in [0, 0.1) is 6.92 Å². The van der Waals surface area contributed by atoms with Crippen LogP contribution in [-0.4, -0.2) is 56.4 Å². The second kappa shape index (κ2) is 12.4. The normalized spacial score (nSPS) is 11.6. The molecule has 0 bridgehead atoms. The fourth-order valence-corrected chi connectivity index (χ4v) is 4.66. The summed E-state index contributed by atoms with van der Waals surface area (Å²) in [6.45, 7) is 10.2. The Labute approximate surface area is 249 Å². The molecule has 0 aliphatic heterocycles. The first-order valence-corrected chi connectivity index (χ1v) is 13.4. The quantitative estimate of drug-likeness (QED) is 0.190. The van der Waals surface area contributed by atoms with Gasteiger partial charge in [-0.25, -0.2) is 25.8 Å². The Morgan fingerprint density at radius 2 is 1.79 bits per heavy atom. The summed E-state index contributed by atoms with van der Waals surface area (Å²) in [7, 11) is 3.35. The molecule has 3 aromatic heterocycles. The van der Waals surface area contributed by atoms with E-state index >= 15 is 0 Å². The Balaban J connectivity index is 1.82. The van der Waals surface area contributed by atoms with Crippen molar-refractivity contribution in [2.45, 2.75) is 26.8 Å². The third kappa shape index (κ3) is 5.80. The summed E-state index contributed by atoms with van der Waals surface area (Å²) >= 11 is 6.78. The lowest BCUT2D eigenvalue weighted by Crippen LogP contribution is -2.36. The van der Waals surface area contributed by atoms with E-state index in [1.54, 1.807) is 26.4 Å². The zero-order valence-electron chi connectivity index (χ0n) is 24.1. The Morgan fingerprint density at radius 3 is 2.38 bits per heavy atom. The lowest BCUT2D eigenvalue weighted by Gasteiger charge is -2.30. The van der Waals surface area contributed by atoms with Crippen molar-refractivity contribution in [2.24, 2.45) is 5.84 Å². The van der Waals surface area contributed by atoms with Crippen LogP contribution < -0.4 is 27.1 Å². The number of anilines is 3. The molecule has 0 fully saturated rings. The van der Waals surface area contributed by atoms with Crippen molar-refractivity contribution in [2.75, 3.05) is 37.2 Å². The van der Waals surface area contributed by atoms with E-state index in [9.17, 15) is 4.79 Å². The van der Waals surface area contributed by atoms with Gasteiger partial charge in [0.2, 0.25) is 5.95 Å². The molecule has 12 nitrogen and oxygen atoms in total. The molecular formula is C29H33ClN10O2. The number of nitrogens with zero attached hydrogens (tertiary/aromatic N) is 7. The number of ether oxygens (including phenoxy) is 1. The highest BCUT2D eigenvalue weighted by Crippen LogP contribution is 2.44. The van der Waals surface area contributed by atoms with E-state index in [1.807, 2.05) is 32.9 Å². The average molecular weight is 589 g/mol. The average Bonchev–Trinajstić information content (AvgIpc) is 2.98. The Morgan fingerprint density at radius 1 is 1.10 bits per heavy atom. The molecule has 4 aromatic rings. The van der Waals surface area contributed by atoms with E-state index in [0.717, 1.165) is 16.7 Å². The molecule has 218 valence electrons. The minimum Gasteiger partial charge on any atom is -0.493 e. The maximum Gasteiger partial charge on any atom is 0.271 e. The van der Waals surface area contributed by atoms with Gasteiger partial charge in [-0.1, -0.05) is 24.2 Å². The second-order valence-corrected chi connectivity index (χ2v) is 10.1. The number of halogens is 1. The minimum atomic E-state index is -0.519. The highest BCUT2D eigenvalue weighted by Gasteiger charge is 2.28. The number of hydrogen-bond donors (Lipinski definition) is 3. The molecule has 4 rings (SSSR count). The number of nitrogens with two attached hydrogens (primary N) is 3. The molecule has 6 N–H and O–H groups in total. The van der Waals surface area contributed by atoms with Crippen LogP contribution in [0.15, 0.2) is 49.7 Å². The van der Waals surface area contributed by atoms with E-state index in [1.165, 1.54) is 28.6 Å². The van der Waals surface area contributed by atoms with Gasteiger partial charge in [0.1, 0.15) is 23.6 Å². The summed E-state index contributed by atoms with van der Waals surface area (Å²) in [6.07, 6.45) is 6.03. The molecule has 13 heteroatoms. The number of carbonyl (C=O) groups is 1. The van der Waals surface area contributed by atoms with Crippen LogP contribution in [0.5, 0.6) is 5.75 Å². The fraction of sp³-hybridized carbons (Fsp3) is 0.241. The lowest BCUT2D eigenvalue weighted by atomic mass is 9.94. The van der Waals surface area contributed by atoms with Crippen LogP contribution in [0.1, 0.15) is 52.6 Å². The van der Waals surface area contributed by atoms with E-state index < -0.39 is 6.04 Å². The predicted molar refractivity (Wildman–Crippen MR) is 165 cm³/mol. The fourth-order valence-electron chi connectivity index (χ4n) is 4.45. The molecular weight excluding hydrogens is 556 g/mol. The van der Waals surface area contributed by atoms with E-state index in [-0.39, 0.29) is 17.7 Å². The summed E-state index contributed by atoms with van der Waals surface area (Å²) in [5.74, 6) is 7.75. The van der Waals surface area contributed by atoms with Crippen LogP contribution >= 0.6 is 11.6 Å². The van der Waals surface area contributed by atoms with Crippen molar-refractivity contribution >= 4 is 40.7 Å². The number of nitrogen functional groups attached to an aromatic ring is 2. The molecule has 0 saturated carbocycles. The third-order valence-electron chi connectivity index (χ3n) is 6.76. The maximum atomic E-state index is 12.4. The van der Waals surface area contributed by atoms with E-state index in [0.29, 0.717) is 51.2 Å². The predicted octanol–water partition coefficient (Wildman–Crippen LogP) is 4.06. The Hall–Kier alpha value is -4.81. The van der Waals surface area contributed by atoms with Crippen molar-refractivity contribution in [3.8, 4) is 16.9 Å². The van der Waals surface area contributed by atoms with E-state index in [2.05, 4.69) is 31.5 Å². The molecule has 1 atom stereocenters. The Bertz CT molecular complexity index is 1630. The van der Waals surface area contributed by atoms with E-state index in [4.69, 9.17) is 33.6 Å². The van der Waals surface area contributed by atoms with Crippen molar-refractivity contribution in [3.63, 3.8) is 0 Å². The number of aromatic nitrogens is 5. The number of rotatable bonds is 9. The molecule has 0 spiro atoms. The first-order valence-electron chi connectivity index (χ1n) is 13.0. The van der Waals surface area contributed by atoms with Gasteiger partial charge in [0.05, 0.1) is 18.2 Å². The molecule has 1 unspecified atom stereocenters. The molecule has 0 aliphatic rings. The number of carbonyl (C=O) groups excluding carboxylic acids is 1. The van der Waals surface area contributed by atoms with Crippen LogP contribution in [-0.2, 0) is 0 Å². The first kappa shape index (κ1) is 30.2. The topological polar surface area (TPSA) is 175 Å². The number of benzene rings is 1. The highest BCUT2D eigenvalue weighted by atomic mass is 35.5. The molecule has 42 heavy (non-hydrogen) atoms. The second-order valence-electron chi connectivity index (χ2n) is 9.69. The van der Waals surface area contributed by atoms with Crippen LogP contribution in [0.3, 0.4) is 0 Å². The van der Waals surface area contributed by atoms with Gasteiger partial charge in [0, 0.05) is 60.0 Å². The molecule has 1 aromatic carbocycles. The third-order valence-corrected chi connectivity index (χ3v) is 7.15. The first-order chi connectivity index (χ1) is 20.0. The standard InChI is InChI=1S/C29H33ClN10O2/c1-7-42-25-20(10-21(30)16(3)23(25)18-8-9-22(34-11-18)28(41)39(5)6)17(4)40(33)27-24(26(31)37-14-38-27)15(2)19-12-35-29(32)36-13-19/h8-14,17H,2,7,33H2,1,3-6H3,(H2,31,37,38)(H2,32,35,36). The zero-order valence-corrected chi connectivity index (χ0v) is 24.8. The van der Waals surface area contributed by atoms with Gasteiger partial charge in [0.15, 0.2) is 5.82 Å². The molecule has 0 aliphatic carbocycles. The van der Waals surface area contributed by atoms with Crippen LogP contribution in [0.25, 0.3) is 16.7 Å². The smallest absolute Gasteiger partial charge is 0.271 e. The number of pyridine rings is 1. The van der Waals surface area contributed by atoms with Gasteiger partial charge in [-0.15, -0.1) is 0 Å². The summed E-state index contributed by atoms with van der Waals surface area (Å²) < 4.78 is 6.22. The SMILES string of the molecule is C=C(c1cnc(N)nc1)c1c(N)ncnc1N(N)C(C)c1cc(Cl)c(C)c(-c2ccc(C(=O)N(C)C)nc2)c1OCC. The Kier molecular flexibility index (Phi) is 8.88. The largest absolute Gasteiger partial charge is 0.493 e. The van der Waals surface area contributed by atoms with Gasteiger partial charge in [-0.05, 0) is 44.0 Å². The maximum absolute atomic E-state index is 12.4. The van der Waals surface area contributed by atoms with Crippen LogP contribution in [0.2, 0.25) is 5.02 Å². The van der Waals surface area contributed by atoms with Gasteiger partial charge < -0.3 is 21.1 Å². The molecule has 1 amide bonds. The summed E-state index contributed by atoms with van der Waals surface area (Å²) in [5, 5.41) is 1.96. The van der Waals surface area contributed by atoms with Gasteiger partial charge in [-0.3, -0.25) is 14.8 Å². The van der Waals surface area contributed by atoms with Gasteiger partial charge in [0.25, 0.3) is 5.91 Å². The lowest BCUT2D eigenvalue weighted by molar-refractivity contribution is 0.0822. The van der Waals surface area contributed by atoms with Gasteiger partial charge in [-0.2, -0.15) is 0 Å². The zero-order chi connectivity index (χ0) is 30.7. The highest BCUT2D eigenvalue weighted by molar-refractivity contribution is 6.32. The molecule has 0 saturated heterocycles. The molecule has 3 heterocycles. The van der Waals surface area contributed by atoms with Crippen molar-refractivity contribution in [3.05, 3.63) is 82.7 Å². The van der Waals surface area contributed by atoms with Crippen molar-refractivity contribution in [1.82, 2.24) is 29.8 Å². The number of hydrogen-bond acceptors (Lipinski definition) is 11. The van der Waals surface area contributed by atoms with Crippen LogP contribution in [0.4, 0.5) is 17.6 Å². The van der Waals surface area contributed by atoms with Crippen molar-refractivity contribution < 1.29 is 9.53 Å². The van der Waals surface area contributed by atoms with Crippen molar-refractivity contribution in [1.29, 1.82) is 0 Å². The number of amides is 1. The minimum absolute atomic E-state index is 0.128. The molecule has 0 radical (unpaired) electrons. The van der Waals surface area contributed by atoms with Gasteiger partial charge >= 0.3 is 0 Å².